The molecule has 0 radical (unpaired) electrons. The molecule has 0 amide bonds. The van der Waals surface area contributed by atoms with Crippen LogP contribution in [0.3, 0.4) is 0 Å². The summed E-state index contributed by atoms with van der Waals surface area (Å²) in [5.74, 6) is -0.817. The lowest BCUT2D eigenvalue weighted by molar-refractivity contribution is 0.205. The molecule has 6 heteroatoms. The van der Waals surface area contributed by atoms with Gasteiger partial charge < -0.3 is 15.7 Å². The largest absolute Gasteiger partial charge is 0.508 e. The van der Waals surface area contributed by atoms with Gasteiger partial charge in [0.15, 0.2) is 11.6 Å². The van der Waals surface area contributed by atoms with Crippen molar-refractivity contribution in [2.75, 3.05) is 19.6 Å². The Balaban J connectivity index is 0.00000261. The minimum absolute atomic E-state index is 0. The van der Waals surface area contributed by atoms with Crippen LogP contribution in [0.5, 0.6) is 5.75 Å². The molecule has 0 aliphatic carbocycles. The molecule has 148 valence electrons. The van der Waals surface area contributed by atoms with E-state index in [4.69, 9.17) is 5.73 Å². The van der Waals surface area contributed by atoms with E-state index in [0.29, 0.717) is 18.1 Å². The van der Waals surface area contributed by atoms with E-state index >= 15 is 0 Å². The Morgan fingerprint density at radius 3 is 2.48 bits per heavy atom. The predicted molar refractivity (Wildman–Crippen MR) is 106 cm³/mol. The third-order valence-corrected chi connectivity index (χ3v) is 5.23. The van der Waals surface area contributed by atoms with Crippen molar-refractivity contribution >= 4 is 12.4 Å². The van der Waals surface area contributed by atoms with Gasteiger partial charge in [-0.25, -0.2) is 8.78 Å². The highest BCUT2D eigenvalue weighted by molar-refractivity contribution is 5.85. The van der Waals surface area contributed by atoms with E-state index in [-0.39, 0.29) is 18.4 Å². The molecule has 27 heavy (non-hydrogen) atoms. The number of nitrogens with zero attached hydrogens (tertiary/aromatic N) is 1. The number of benzene rings is 2. The fraction of sp³-hybridized carbons (Fsp3) is 0.429. The average Bonchev–Trinajstić information content (AvgIpc) is 2.63. The van der Waals surface area contributed by atoms with E-state index in [2.05, 4.69) is 11.0 Å². The van der Waals surface area contributed by atoms with Gasteiger partial charge >= 0.3 is 0 Å². The monoisotopic (exact) mass is 396 g/mol. The zero-order valence-corrected chi connectivity index (χ0v) is 16.1. The minimum atomic E-state index is -0.822. The van der Waals surface area contributed by atoms with E-state index in [9.17, 15) is 13.9 Å². The Morgan fingerprint density at radius 1 is 1.07 bits per heavy atom. The number of nitrogens with two attached hydrogens (primary N) is 1. The maximum atomic E-state index is 13.3. The molecule has 0 saturated carbocycles. The molecule has 0 spiro atoms. The second kappa shape index (κ2) is 10.0. The highest BCUT2D eigenvalue weighted by Crippen LogP contribution is 2.29. The summed E-state index contributed by atoms with van der Waals surface area (Å²) >= 11 is 0. The number of rotatable bonds is 6. The number of likely N-dealkylation sites (tertiary alicyclic amines) is 1. The molecule has 1 aliphatic heterocycles. The summed E-state index contributed by atoms with van der Waals surface area (Å²) in [5, 5.41) is 9.63. The zero-order valence-electron chi connectivity index (χ0n) is 15.3. The van der Waals surface area contributed by atoms with Gasteiger partial charge in [-0.2, -0.15) is 0 Å². The number of phenols is 1. The van der Waals surface area contributed by atoms with Crippen LogP contribution >= 0.6 is 12.4 Å². The van der Waals surface area contributed by atoms with Crippen molar-refractivity contribution in [3.05, 3.63) is 65.2 Å². The minimum Gasteiger partial charge on any atom is -0.508 e. The van der Waals surface area contributed by atoms with Crippen LogP contribution in [0.1, 0.15) is 36.3 Å². The SMILES string of the molecule is Cl.N[C@@H](CCN1CCC(c2cccc(O)c2)CC1)Cc1ccc(F)c(F)c1. The lowest BCUT2D eigenvalue weighted by atomic mass is 9.89. The first-order valence-corrected chi connectivity index (χ1v) is 9.22. The predicted octanol–water partition coefficient (Wildman–Crippen LogP) is 4.23. The van der Waals surface area contributed by atoms with Crippen LogP contribution in [-0.2, 0) is 6.42 Å². The molecule has 1 fully saturated rings. The summed E-state index contributed by atoms with van der Waals surface area (Å²) < 4.78 is 26.2. The second-order valence-electron chi connectivity index (χ2n) is 7.21. The smallest absolute Gasteiger partial charge is 0.159 e. The summed E-state index contributed by atoms with van der Waals surface area (Å²) in [7, 11) is 0. The Morgan fingerprint density at radius 2 is 1.81 bits per heavy atom. The van der Waals surface area contributed by atoms with Gasteiger partial charge in [-0.05, 0) is 86.6 Å². The number of hydrogen-bond acceptors (Lipinski definition) is 3. The van der Waals surface area contributed by atoms with Crippen LogP contribution in [0.15, 0.2) is 42.5 Å². The highest BCUT2D eigenvalue weighted by atomic mass is 35.5. The molecule has 0 unspecified atom stereocenters. The number of phenolic OH excluding ortho intramolecular Hbond substituents is 1. The summed E-state index contributed by atoms with van der Waals surface area (Å²) in [5.41, 5.74) is 8.12. The number of halogens is 3. The first kappa shape index (κ1) is 21.6. The van der Waals surface area contributed by atoms with E-state index in [0.717, 1.165) is 50.5 Å². The van der Waals surface area contributed by atoms with Gasteiger partial charge in [0.2, 0.25) is 0 Å². The van der Waals surface area contributed by atoms with E-state index in [1.807, 2.05) is 12.1 Å². The third kappa shape index (κ3) is 6.16. The summed E-state index contributed by atoms with van der Waals surface area (Å²) in [6.45, 7) is 2.94. The first-order chi connectivity index (χ1) is 12.5. The Hall–Kier alpha value is -1.69. The van der Waals surface area contributed by atoms with Crippen molar-refractivity contribution in [1.29, 1.82) is 0 Å². The van der Waals surface area contributed by atoms with E-state index < -0.39 is 11.6 Å². The molecular weight excluding hydrogens is 370 g/mol. The van der Waals surface area contributed by atoms with Crippen LogP contribution < -0.4 is 5.73 Å². The maximum absolute atomic E-state index is 13.3. The molecule has 2 aromatic rings. The molecule has 0 aromatic heterocycles. The molecular formula is C21H27ClF2N2O. The van der Waals surface area contributed by atoms with Crippen molar-refractivity contribution < 1.29 is 13.9 Å². The number of aromatic hydroxyl groups is 1. The standard InChI is InChI=1S/C21H26F2N2O.ClH/c22-20-5-4-15(13-21(20)23)12-18(24)8-11-25-9-6-16(7-10-25)17-2-1-3-19(26)14-17;/h1-5,13-14,16,18,26H,6-12,24H2;1H/t18-;/m0./s1. The normalized spacial score (nSPS) is 16.7. The van der Waals surface area contributed by atoms with Gasteiger partial charge in [0, 0.05) is 6.04 Å². The fourth-order valence-corrected chi connectivity index (χ4v) is 3.69. The molecule has 1 saturated heterocycles. The van der Waals surface area contributed by atoms with Crippen LogP contribution in [0.4, 0.5) is 8.78 Å². The van der Waals surface area contributed by atoms with Crippen molar-refractivity contribution in [2.45, 2.75) is 37.6 Å². The van der Waals surface area contributed by atoms with Crippen molar-refractivity contribution in [3.63, 3.8) is 0 Å². The van der Waals surface area contributed by atoms with Gasteiger partial charge in [-0.15, -0.1) is 12.4 Å². The van der Waals surface area contributed by atoms with Crippen molar-refractivity contribution in [3.8, 4) is 5.75 Å². The zero-order chi connectivity index (χ0) is 18.5. The molecule has 2 aromatic carbocycles. The summed E-state index contributed by atoms with van der Waals surface area (Å²) in [6, 6.07) is 11.5. The lowest BCUT2D eigenvalue weighted by Crippen LogP contribution is -2.36. The van der Waals surface area contributed by atoms with Crippen LogP contribution in [-0.4, -0.2) is 35.7 Å². The lowest BCUT2D eigenvalue weighted by Gasteiger charge is -2.32. The molecule has 3 rings (SSSR count). The number of piperidine rings is 1. The second-order valence-corrected chi connectivity index (χ2v) is 7.21. The molecule has 3 N–H and O–H groups in total. The first-order valence-electron chi connectivity index (χ1n) is 9.22. The Bertz CT molecular complexity index is 736. The van der Waals surface area contributed by atoms with Gasteiger partial charge in [0.1, 0.15) is 5.75 Å². The maximum Gasteiger partial charge on any atom is 0.159 e. The van der Waals surface area contributed by atoms with Gasteiger partial charge in [0.05, 0.1) is 0 Å². The van der Waals surface area contributed by atoms with Crippen molar-refractivity contribution in [2.24, 2.45) is 5.73 Å². The topological polar surface area (TPSA) is 49.5 Å². The third-order valence-electron chi connectivity index (χ3n) is 5.23. The van der Waals surface area contributed by atoms with Crippen LogP contribution in [0, 0.1) is 11.6 Å². The summed E-state index contributed by atoms with van der Waals surface area (Å²) in [6.07, 6.45) is 3.52. The summed E-state index contributed by atoms with van der Waals surface area (Å²) in [4.78, 5) is 2.41. The number of hydrogen-bond donors (Lipinski definition) is 2. The molecule has 1 aliphatic rings. The fourth-order valence-electron chi connectivity index (χ4n) is 3.69. The molecule has 1 heterocycles. The van der Waals surface area contributed by atoms with E-state index in [1.54, 1.807) is 12.1 Å². The quantitative estimate of drug-likeness (QED) is 0.768. The Labute approximate surface area is 165 Å². The molecule has 3 nitrogen and oxygen atoms in total. The van der Waals surface area contributed by atoms with Gasteiger partial charge in [-0.3, -0.25) is 0 Å². The van der Waals surface area contributed by atoms with Gasteiger partial charge in [-0.1, -0.05) is 18.2 Å². The van der Waals surface area contributed by atoms with Gasteiger partial charge in [0.25, 0.3) is 0 Å². The van der Waals surface area contributed by atoms with E-state index in [1.165, 1.54) is 11.6 Å². The molecule has 0 bridgehead atoms. The Kier molecular flexibility index (Phi) is 8.02. The highest BCUT2D eigenvalue weighted by Gasteiger charge is 2.21. The van der Waals surface area contributed by atoms with Crippen molar-refractivity contribution in [1.82, 2.24) is 4.90 Å². The average molecular weight is 397 g/mol. The van der Waals surface area contributed by atoms with Crippen LogP contribution in [0.25, 0.3) is 0 Å². The van der Waals surface area contributed by atoms with Crippen LogP contribution in [0.2, 0.25) is 0 Å². The molecule has 1 atom stereocenters.